The standard InChI is InChI=1S/C21H21NO3S/c1-13(2)25-21(24)17-16(14-9-5-3-6-10-14)19(26-20(17)22)18(23)15-11-7-4-8-12-15/h3-13,16,19H,22H2,1-2H3/t16-,19-/m0/s1. The Kier molecular flexibility index (Phi) is 5.47. The lowest BCUT2D eigenvalue weighted by atomic mass is 9.85. The number of Topliss-reactive ketones (excluding diaryl/α,β-unsaturated/α-hetero) is 1. The fourth-order valence-corrected chi connectivity index (χ4v) is 4.33. The van der Waals surface area contributed by atoms with Gasteiger partial charge in [0.25, 0.3) is 0 Å². The van der Waals surface area contributed by atoms with Crippen LogP contribution < -0.4 is 5.73 Å². The van der Waals surface area contributed by atoms with Crippen molar-refractivity contribution in [1.29, 1.82) is 0 Å². The summed E-state index contributed by atoms with van der Waals surface area (Å²) in [5.41, 5.74) is 8.05. The molecule has 1 heterocycles. The first-order valence-corrected chi connectivity index (χ1v) is 9.38. The van der Waals surface area contributed by atoms with Crippen molar-refractivity contribution >= 4 is 23.5 Å². The highest BCUT2D eigenvalue weighted by Crippen LogP contribution is 2.47. The minimum absolute atomic E-state index is 0.0419. The van der Waals surface area contributed by atoms with Crippen molar-refractivity contribution in [2.75, 3.05) is 0 Å². The van der Waals surface area contributed by atoms with E-state index >= 15 is 0 Å². The normalized spacial score (nSPS) is 19.7. The summed E-state index contributed by atoms with van der Waals surface area (Å²) in [7, 11) is 0. The second-order valence-electron chi connectivity index (χ2n) is 6.39. The molecule has 1 aliphatic rings. The third-order valence-electron chi connectivity index (χ3n) is 4.17. The first-order chi connectivity index (χ1) is 12.5. The summed E-state index contributed by atoms with van der Waals surface area (Å²) >= 11 is 1.24. The second kappa shape index (κ2) is 7.79. The largest absolute Gasteiger partial charge is 0.460 e. The van der Waals surface area contributed by atoms with Crippen LogP contribution in [0.4, 0.5) is 0 Å². The van der Waals surface area contributed by atoms with E-state index < -0.39 is 17.1 Å². The first kappa shape index (κ1) is 18.3. The number of rotatable bonds is 5. The van der Waals surface area contributed by atoms with Gasteiger partial charge in [0.2, 0.25) is 0 Å². The van der Waals surface area contributed by atoms with Crippen LogP contribution in [0.15, 0.2) is 71.3 Å². The summed E-state index contributed by atoms with van der Waals surface area (Å²) in [5, 5.41) is -0.131. The third kappa shape index (κ3) is 3.68. The van der Waals surface area contributed by atoms with Gasteiger partial charge in [0.1, 0.15) is 0 Å². The maximum absolute atomic E-state index is 13.1. The average molecular weight is 367 g/mol. The molecule has 0 amide bonds. The number of benzene rings is 2. The van der Waals surface area contributed by atoms with Crippen molar-refractivity contribution < 1.29 is 14.3 Å². The number of carbonyl (C=O) groups is 2. The molecule has 0 unspecified atom stereocenters. The summed E-state index contributed by atoms with van der Waals surface area (Å²) in [6.07, 6.45) is -0.256. The maximum atomic E-state index is 13.1. The van der Waals surface area contributed by atoms with Gasteiger partial charge in [-0.2, -0.15) is 0 Å². The van der Waals surface area contributed by atoms with Gasteiger partial charge in [-0.1, -0.05) is 72.4 Å². The van der Waals surface area contributed by atoms with Gasteiger partial charge in [-0.05, 0) is 19.4 Å². The van der Waals surface area contributed by atoms with Crippen molar-refractivity contribution in [3.05, 3.63) is 82.4 Å². The molecule has 1 aliphatic heterocycles. The van der Waals surface area contributed by atoms with E-state index in [9.17, 15) is 9.59 Å². The maximum Gasteiger partial charge on any atom is 0.337 e. The topological polar surface area (TPSA) is 69.4 Å². The zero-order chi connectivity index (χ0) is 18.7. The van der Waals surface area contributed by atoms with E-state index in [1.165, 1.54) is 11.8 Å². The van der Waals surface area contributed by atoms with Crippen LogP contribution >= 0.6 is 11.8 Å². The number of ether oxygens (including phenoxy) is 1. The van der Waals surface area contributed by atoms with E-state index in [1.54, 1.807) is 26.0 Å². The minimum atomic E-state index is -0.491. The van der Waals surface area contributed by atoms with E-state index in [-0.39, 0.29) is 11.9 Å². The number of hydrogen-bond donors (Lipinski definition) is 1. The predicted octanol–water partition coefficient (Wildman–Crippen LogP) is 3.89. The van der Waals surface area contributed by atoms with Crippen LogP contribution in [-0.2, 0) is 9.53 Å². The Bertz CT molecular complexity index is 831. The zero-order valence-corrected chi connectivity index (χ0v) is 15.5. The Labute approximate surface area is 157 Å². The molecular formula is C21H21NO3S. The highest BCUT2D eigenvalue weighted by molar-refractivity contribution is 8.04. The smallest absolute Gasteiger partial charge is 0.337 e. The van der Waals surface area contributed by atoms with Crippen LogP contribution in [0.2, 0.25) is 0 Å². The van der Waals surface area contributed by atoms with Crippen molar-refractivity contribution in [2.24, 2.45) is 5.73 Å². The predicted molar refractivity (Wildman–Crippen MR) is 104 cm³/mol. The van der Waals surface area contributed by atoms with Gasteiger partial charge in [0.15, 0.2) is 5.78 Å². The number of ketones is 1. The molecule has 134 valence electrons. The van der Waals surface area contributed by atoms with Gasteiger partial charge in [-0.15, -0.1) is 0 Å². The fraction of sp³-hybridized carbons (Fsp3) is 0.238. The molecule has 2 aromatic rings. The Hall–Kier alpha value is -2.53. The lowest BCUT2D eigenvalue weighted by molar-refractivity contribution is -0.142. The van der Waals surface area contributed by atoms with E-state index in [2.05, 4.69) is 0 Å². The summed E-state index contributed by atoms with van der Waals surface area (Å²) in [5.74, 6) is -0.929. The zero-order valence-electron chi connectivity index (χ0n) is 14.7. The van der Waals surface area contributed by atoms with Crippen LogP contribution in [0, 0.1) is 0 Å². The Morgan fingerprint density at radius 2 is 1.58 bits per heavy atom. The lowest BCUT2D eigenvalue weighted by Gasteiger charge is -2.21. The second-order valence-corrected chi connectivity index (χ2v) is 7.57. The summed E-state index contributed by atoms with van der Waals surface area (Å²) in [4.78, 5) is 25.8. The van der Waals surface area contributed by atoms with Crippen molar-refractivity contribution in [1.82, 2.24) is 0 Å². The number of thioether (sulfide) groups is 1. The molecule has 0 bridgehead atoms. The average Bonchev–Trinajstić information content (AvgIpc) is 2.99. The molecule has 3 rings (SSSR count). The van der Waals surface area contributed by atoms with Crippen molar-refractivity contribution in [3.8, 4) is 0 Å². The van der Waals surface area contributed by atoms with E-state index in [1.807, 2.05) is 48.5 Å². The highest BCUT2D eigenvalue weighted by atomic mass is 32.2. The molecule has 2 aromatic carbocycles. The van der Waals surface area contributed by atoms with Crippen LogP contribution in [-0.4, -0.2) is 23.1 Å². The Morgan fingerprint density at radius 1 is 1.00 bits per heavy atom. The van der Waals surface area contributed by atoms with Crippen LogP contribution in [0.25, 0.3) is 0 Å². The molecule has 2 N–H and O–H groups in total. The Morgan fingerprint density at radius 3 is 2.15 bits per heavy atom. The van der Waals surface area contributed by atoms with Gasteiger partial charge in [-0.3, -0.25) is 4.79 Å². The molecule has 0 spiro atoms. The van der Waals surface area contributed by atoms with Gasteiger partial charge in [0.05, 0.1) is 22.0 Å². The molecule has 4 nitrogen and oxygen atoms in total. The SMILES string of the molecule is CC(C)OC(=O)C1=C(N)S[C@H](C(=O)c2ccccc2)[C@H]1c1ccccc1. The van der Waals surface area contributed by atoms with E-state index in [0.717, 1.165) is 5.56 Å². The molecule has 0 radical (unpaired) electrons. The molecule has 0 aliphatic carbocycles. The fourth-order valence-electron chi connectivity index (χ4n) is 3.05. The van der Waals surface area contributed by atoms with E-state index in [4.69, 9.17) is 10.5 Å². The highest BCUT2D eigenvalue weighted by Gasteiger charge is 2.44. The first-order valence-electron chi connectivity index (χ1n) is 8.50. The number of carbonyl (C=O) groups excluding carboxylic acids is 2. The molecule has 0 fully saturated rings. The van der Waals surface area contributed by atoms with Gasteiger partial charge >= 0.3 is 5.97 Å². The van der Waals surface area contributed by atoms with E-state index in [0.29, 0.717) is 16.2 Å². The van der Waals surface area contributed by atoms with Crippen LogP contribution in [0.1, 0.15) is 35.7 Å². The third-order valence-corrected chi connectivity index (χ3v) is 5.39. The van der Waals surface area contributed by atoms with Gasteiger partial charge < -0.3 is 10.5 Å². The number of hydrogen-bond acceptors (Lipinski definition) is 5. The van der Waals surface area contributed by atoms with Gasteiger partial charge in [-0.25, -0.2) is 4.79 Å². The summed E-state index contributed by atoms with van der Waals surface area (Å²) < 4.78 is 5.39. The van der Waals surface area contributed by atoms with Crippen molar-refractivity contribution in [2.45, 2.75) is 31.1 Å². The minimum Gasteiger partial charge on any atom is -0.460 e. The summed E-state index contributed by atoms with van der Waals surface area (Å²) in [6, 6.07) is 18.6. The molecule has 0 aromatic heterocycles. The number of nitrogens with two attached hydrogens (primary N) is 1. The van der Waals surface area contributed by atoms with Gasteiger partial charge in [0, 0.05) is 11.5 Å². The van der Waals surface area contributed by atoms with Crippen LogP contribution in [0.3, 0.4) is 0 Å². The Balaban J connectivity index is 2.01. The number of esters is 1. The molecular weight excluding hydrogens is 346 g/mol. The molecule has 0 saturated heterocycles. The molecule has 5 heteroatoms. The summed E-state index contributed by atoms with van der Waals surface area (Å²) in [6.45, 7) is 3.59. The molecule has 2 atom stereocenters. The monoisotopic (exact) mass is 367 g/mol. The molecule has 26 heavy (non-hydrogen) atoms. The quantitative estimate of drug-likeness (QED) is 0.641. The lowest BCUT2D eigenvalue weighted by Crippen LogP contribution is -2.27. The molecule has 0 saturated carbocycles. The van der Waals surface area contributed by atoms with Crippen LogP contribution in [0.5, 0.6) is 0 Å². The van der Waals surface area contributed by atoms with Crippen molar-refractivity contribution in [3.63, 3.8) is 0 Å².